The van der Waals surface area contributed by atoms with E-state index in [1.54, 1.807) is 50.6 Å². The Labute approximate surface area is 146 Å². The molecular formula is C20H20O5. The Hall–Kier alpha value is -3.21. The smallest absolute Gasteiger partial charge is 0.178 e. The molecule has 0 saturated carbocycles. The topological polar surface area (TPSA) is 65.0 Å². The largest absolute Gasteiger partial charge is 0.504 e. The third-order valence-corrected chi connectivity index (χ3v) is 3.49. The lowest BCUT2D eigenvalue weighted by molar-refractivity contribution is -0.110. The SMILES string of the molecule is COc1ccc(/C=C/C(=O)/C=C/c2ccc(OC)c(OC)c2)cc1O. The molecule has 0 atom stereocenters. The van der Waals surface area contributed by atoms with Crippen LogP contribution in [0.25, 0.3) is 12.2 Å². The van der Waals surface area contributed by atoms with E-state index in [1.807, 2.05) is 6.07 Å². The highest BCUT2D eigenvalue weighted by Crippen LogP contribution is 2.28. The van der Waals surface area contributed by atoms with Crippen molar-refractivity contribution in [3.05, 3.63) is 59.7 Å². The second kappa shape index (κ2) is 8.59. The van der Waals surface area contributed by atoms with Gasteiger partial charge in [-0.05, 0) is 47.5 Å². The van der Waals surface area contributed by atoms with Crippen LogP contribution in [0.1, 0.15) is 11.1 Å². The highest BCUT2D eigenvalue weighted by atomic mass is 16.5. The van der Waals surface area contributed by atoms with Crippen LogP contribution in [0.2, 0.25) is 0 Å². The Morgan fingerprint density at radius 1 is 0.800 bits per heavy atom. The van der Waals surface area contributed by atoms with E-state index in [9.17, 15) is 9.90 Å². The molecule has 0 aliphatic carbocycles. The van der Waals surface area contributed by atoms with Crippen LogP contribution < -0.4 is 14.2 Å². The number of hydrogen-bond acceptors (Lipinski definition) is 5. The number of ether oxygens (including phenoxy) is 3. The van der Waals surface area contributed by atoms with Crippen LogP contribution in [-0.2, 0) is 4.79 Å². The Morgan fingerprint density at radius 3 is 1.84 bits per heavy atom. The van der Waals surface area contributed by atoms with Crippen LogP contribution in [0.4, 0.5) is 0 Å². The number of methoxy groups -OCH3 is 3. The minimum Gasteiger partial charge on any atom is -0.504 e. The Morgan fingerprint density at radius 2 is 1.32 bits per heavy atom. The number of carbonyl (C=O) groups is 1. The molecule has 0 aromatic heterocycles. The number of rotatable bonds is 7. The average Bonchev–Trinajstić information content (AvgIpc) is 2.64. The summed E-state index contributed by atoms with van der Waals surface area (Å²) in [5, 5.41) is 9.72. The fraction of sp³-hybridized carbons (Fsp3) is 0.150. The van der Waals surface area contributed by atoms with Gasteiger partial charge < -0.3 is 19.3 Å². The Kier molecular flexibility index (Phi) is 6.23. The molecule has 5 nitrogen and oxygen atoms in total. The van der Waals surface area contributed by atoms with Gasteiger partial charge in [-0.2, -0.15) is 0 Å². The van der Waals surface area contributed by atoms with Crippen LogP contribution in [0.3, 0.4) is 0 Å². The summed E-state index contributed by atoms with van der Waals surface area (Å²) in [5.41, 5.74) is 1.52. The fourth-order valence-corrected chi connectivity index (χ4v) is 2.18. The molecule has 0 aliphatic rings. The second-order valence-electron chi connectivity index (χ2n) is 5.11. The molecular weight excluding hydrogens is 320 g/mol. The number of phenolic OH excluding ortho intramolecular Hbond substituents is 1. The van der Waals surface area contributed by atoms with Crippen molar-refractivity contribution in [3.8, 4) is 23.0 Å². The summed E-state index contributed by atoms with van der Waals surface area (Å²) >= 11 is 0. The molecule has 0 unspecified atom stereocenters. The molecule has 0 bridgehead atoms. The fourth-order valence-electron chi connectivity index (χ4n) is 2.18. The molecule has 0 fully saturated rings. The standard InChI is InChI=1S/C20H20O5/c1-23-18-10-6-14(12-17(18)22)4-8-16(21)9-5-15-7-11-19(24-2)20(13-15)25-3/h4-13,22H,1-3H3/b8-4+,9-5+. The van der Waals surface area contributed by atoms with E-state index in [0.29, 0.717) is 22.8 Å². The second-order valence-corrected chi connectivity index (χ2v) is 5.11. The summed E-state index contributed by atoms with van der Waals surface area (Å²) in [5.74, 6) is 1.46. The lowest BCUT2D eigenvalue weighted by atomic mass is 10.1. The van der Waals surface area contributed by atoms with Gasteiger partial charge in [0, 0.05) is 0 Å². The van der Waals surface area contributed by atoms with Crippen LogP contribution in [0.15, 0.2) is 48.6 Å². The van der Waals surface area contributed by atoms with Gasteiger partial charge in [0.1, 0.15) is 0 Å². The number of phenols is 1. The van der Waals surface area contributed by atoms with Crippen molar-refractivity contribution in [2.75, 3.05) is 21.3 Å². The highest BCUT2D eigenvalue weighted by molar-refractivity contribution is 6.04. The summed E-state index contributed by atoms with van der Waals surface area (Å²) in [7, 11) is 4.61. The third kappa shape index (κ3) is 4.88. The first-order valence-electron chi connectivity index (χ1n) is 7.56. The third-order valence-electron chi connectivity index (χ3n) is 3.49. The molecule has 25 heavy (non-hydrogen) atoms. The maximum atomic E-state index is 12.0. The molecule has 2 rings (SSSR count). The average molecular weight is 340 g/mol. The summed E-state index contributed by atoms with van der Waals surface area (Å²) < 4.78 is 15.4. The van der Waals surface area contributed by atoms with E-state index in [-0.39, 0.29) is 11.5 Å². The van der Waals surface area contributed by atoms with E-state index in [1.165, 1.54) is 25.3 Å². The van der Waals surface area contributed by atoms with Gasteiger partial charge in [0.2, 0.25) is 0 Å². The van der Waals surface area contributed by atoms with Crippen LogP contribution in [0.5, 0.6) is 23.0 Å². The predicted octanol–water partition coefficient (Wildman–Crippen LogP) is 3.71. The molecule has 0 spiro atoms. The lowest BCUT2D eigenvalue weighted by Gasteiger charge is -2.07. The summed E-state index contributed by atoms with van der Waals surface area (Å²) in [6, 6.07) is 10.3. The zero-order chi connectivity index (χ0) is 18.2. The molecule has 5 heteroatoms. The quantitative estimate of drug-likeness (QED) is 0.778. The van der Waals surface area contributed by atoms with Gasteiger partial charge in [-0.1, -0.05) is 24.3 Å². The van der Waals surface area contributed by atoms with E-state index in [4.69, 9.17) is 14.2 Å². The number of aromatic hydroxyl groups is 1. The van der Waals surface area contributed by atoms with Gasteiger partial charge >= 0.3 is 0 Å². The van der Waals surface area contributed by atoms with Gasteiger partial charge in [0.25, 0.3) is 0 Å². The van der Waals surface area contributed by atoms with Crippen molar-refractivity contribution in [3.63, 3.8) is 0 Å². The first kappa shape index (κ1) is 18.1. The molecule has 0 amide bonds. The predicted molar refractivity (Wildman–Crippen MR) is 97.3 cm³/mol. The maximum absolute atomic E-state index is 12.0. The van der Waals surface area contributed by atoms with Crippen molar-refractivity contribution in [1.29, 1.82) is 0 Å². The molecule has 2 aromatic rings. The highest BCUT2D eigenvalue weighted by Gasteiger charge is 2.03. The number of allylic oxidation sites excluding steroid dienone is 2. The molecule has 130 valence electrons. The van der Waals surface area contributed by atoms with Crippen molar-refractivity contribution in [1.82, 2.24) is 0 Å². The molecule has 0 radical (unpaired) electrons. The van der Waals surface area contributed by atoms with Gasteiger partial charge in [-0.3, -0.25) is 4.79 Å². The minimum atomic E-state index is -0.176. The minimum absolute atomic E-state index is 0.0259. The van der Waals surface area contributed by atoms with Crippen molar-refractivity contribution in [2.24, 2.45) is 0 Å². The van der Waals surface area contributed by atoms with Crippen LogP contribution >= 0.6 is 0 Å². The first-order valence-corrected chi connectivity index (χ1v) is 7.56. The number of ketones is 1. The molecule has 1 N–H and O–H groups in total. The summed E-state index contributed by atoms with van der Waals surface area (Å²) in [4.78, 5) is 12.0. The summed E-state index contributed by atoms with van der Waals surface area (Å²) in [6.07, 6.45) is 6.21. The summed E-state index contributed by atoms with van der Waals surface area (Å²) in [6.45, 7) is 0. The van der Waals surface area contributed by atoms with Crippen LogP contribution in [0, 0.1) is 0 Å². The lowest BCUT2D eigenvalue weighted by Crippen LogP contribution is -1.91. The number of carbonyl (C=O) groups excluding carboxylic acids is 1. The molecule has 0 aliphatic heterocycles. The first-order chi connectivity index (χ1) is 12.1. The molecule has 0 saturated heterocycles. The Bertz CT molecular complexity index is 806. The van der Waals surface area contributed by atoms with Crippen molar-refractivity contribution in [2.45, 2.75) is 0 Å². The zero-order valence-corrected chi connectivity index (χ0v) is 14.4. The molecule has 2 aromatic carbocycles. The zero-order valence-electron chi connectivity index (χ0n) is 14.4. The normalized spacial score (nSPS) is 11.0. The van der Waals surface area contributed by atoms with Crippen LogP contribution in [-0.4, -0.2) is 32.2 Å². The monoisotopic (exact) mass is 340 g/mol. The van der Waals surface area contributed by atoms with Gasteiger partial charge in [0.15, 0.2) is 28.8 Å². The maximum Gasteiger partial charge on any atom is 0.178 e. The Balaban J connectivity index is 2.06. The van der Waals surface area contributed by atoms with E-state index in [0.717, 1.165) is 5.56 Å². The van der Waals surface area contributed by atoms with Gasteiger partial charge in [0.05, 0.1) is 21.3 Å². The van der Waals surface area contributed by atoms with Crippen molar-refractivity contribution < 1.29 is 24.1 Å². The number of hydrogen-bond donors (Lipinski definition) is 1. The molecule has 0 heterocycles. The van der Waals surface area contributed by atoms with Gasteiger partial charge in [-0.15, -0.1) is 0 Å². The van der Waals surface area contributed by atoms with E-state index >= 15 is 0 Å². The number of benzene rings is 2. The van der Waals surface area contributed by atoms with Crippen molar-refractivity contribution >= 4 is 17.9 Å². The van der Waals surface area contributed by atoms with Gasteiger partial charge in [-0.25, -0.2) is 0 Å². The van der Waals surface area contributed by atoms with E-state index in [2.05, 4.69) is 0 Å². The van der Waals surface area contributed by atoms with E-state index < -0.39 is 0 Å².